The normalized spacial score (nSPS) is 22.0. The minimum Gasteiger partial charge on any atom is -0.360 e. The number of hydrogen-bond acceptors (Lipinski definition) is 3. The number of halogens is 3. The quantitative estimate of drug-likeness (QED) is 0.747. The number of nitrogens with zero attached hydrogens (tertiary/aromatic N) is 2. The van der Waals surface area contributed by atoms with E-state index in [0.29, 0.717) is 37.5 Å². The molecule has 152 valence electrons. The van der Waals surface area contributed by atoms with Crippen LogP contribution < -0.4 is 10.6 Å². The zero-order valence-electron chi connectivity index (χ0n) is 15.4. The molecule has 1 aromatic carbocycles. The fraction of sp³-hybridized carbons (Fsp3) is 0.579. The lowest BCUT2D eigenvalue weighted by Gasteiger charge is -2.45. The fourth-order valence-electron chi connectivity index (χ4n) is 3.96. The van der Waals surface area contributed by atoms with E-state index < -0.39 is 17.4 Å². The molecule has 3 aliphatic rings. The summed E-state index contributed by atoms with van der Waals surface area (Å²) < 4.78 is 39.0. The van der Waals surface area contributed by atoms with Crippen LogP contribution in [0.2, 0.25) is 0 Å². The zero-order chi connectivity index (χ0) is 19.9. The minimum atomic E-state index is -4.39. The molecule has 2 heterocycles. The summed E-state index contributed by atoms with van der Waals surface area (Å²) in [6, 6.07) is 5.70. The first-order valence-corrected chi connectivity index (χ1v) is 9.95. The molecule has 3 fully saturated rings. The van der Waals surface area contributed by atoms with Gasteiger partial charge < -0.3 is 15.1 Å². The molecule has 1 amide bonds. The SMILES string of the molecule is O=C1CNC2(CCN(C(=S)NC3CC3)CC2)N1Cc1cccc(C(F)(F)F)c1. The predicted octanol–water partition coefficient (Wildman–Crippen LogP) is 2.47. The van der Waals surface area contributed by atoms with E-state index in [1.54, 1.807) is 11.0 Å². The molecule has 2 N–H and O–H groups in total. The summed E-state index contributed by atoms with van der Waals surface area (Å²) in [7, 11) is 0. The van der Waals surface area contributed by atoms with E-state index in [4.69, 9.17) is 12.2 Å². The molecule has 1 saturated carbocycles. The molecular formula is C19H23F3N4OS. The van der Waals surface area contributed by atoms with Gasteiger partial charge in [-0.25, -0.2) is 0 Å². The molecule has 1 aromatic rings. The number of hydrogen-bond donors (Lipinski definition) is 2. The molecule has 0 radical (unpaired) electrons. The van der Waals surface area contributed by atoms with Crippen molar-refractivity contribution in [3.63, 3.8) is 0 Å². The second-order valence-corrected chi connectivity index (χ2v) is 8.16. The van der Waals surface area contributed by atoms with Gasteiger partial charge in [-0.05, 0) is 42.8 Å². The van der Waals surface area contributed by atoms with Crippen LogP contribution in [0.25, 0.3) is 0 Å². The van der Waals surface area contributed by atoms with E-state index in [9.17, 15) is 18.0 Å². The molecule has 0 atom stereocenters. The molecule has 9 heteroatoms. The van der Waals surface area contributed by atoms with Gasteiger partial charge in [-0.15, -0.1) is 0 Å². The molecule has 5 nitrogen and oxygen atoms in total. The first kappa shape index (κ1) is 19.4. The second kappa shape index (κ2) is 7.18. The van der Waals surface area contributed by atoms with E-state index in [2.05, 4.69) is 15.5 Å². The Morgan fingerprint density at radius 1 is 1.29 bits per heavy atom. The van der Waals surface area contributed by atoms with Crippen molar-refractivity contribution in [3.8, 4) is 0 Å². The summed E-state index contributed by atoms with van der Waals surface area (Å²) in [4.78, 5) is 16.3. The third-order valence-electron chi connectivity index (χ3n) is 5.76. The van der Waals surface area contributed by atoms with Gasteiger partial charge in [0.25, 0.3) is 0 Å². The third-order valence-corrected chi connectivity index (χ3v) is 6.14. The van der Waals surface area contributed by atoms with Gasteiger partial charge in [-0.1, -0.05) is 12.1 Å². The molecule has 28 heavy (non-hydrogen) atoms. The van der Waals surface area contributed by atoms with Crippen LogP contribution in [-0.4, -0.2) is 52.2 Å². The standard InChI is InChI=1S/C19H23F3N4OS/c20-19(21,22)14-3-1-2-13(10-14)12-26-16(27)11-23-18(26)6-8-25(9-7-18)17(28)24-15-4-5-15/h1-3,10,15,23H,4-9,11-12H2,(H,24,28). The van der Waals surface area contributed by atoms with Gasteiger partial charge in [0.1, 0.15) is 0 Å². The van der Waals surface area contributed by atoms with Gasteiger partial charge in [0.2, 0.25) is 5.91 Å². The van der Waals surface area contributed by atoms with E-state index in [0.717, 1.165) is 30.1 Å². The molecule has 1 aliphatic carbocycles. The monoisotopic (exact) mass is 412 g/mol. The van der Waals surface area contributed by atoms with Crippen LogP contribution in [0.5, 0.6) is 0 Å². The number of carbonyl (C=O) groups excluding carboxylic acids is 1. The lowest BCUT2D eigenvalue weighted by atomic mass is 9.95. The lowest BCUT2D eigenvalue weighted by molar-refractivity contribution is -0.137. The number of carbonyl (C=O) groups is 1. The molecular weight excluding hydrogens is 389 g/mol. The van der Waals surface area contributed by atoms with Crippen molar-refractivity contribution >= 4 is 23.2 Å². The summed E-state index contributed by atoms with van der Waals surface area (Å²) in [6.07, 6.45) is -0.720. The maximum atomic E-state index is 13.0. The molecule has 2 aliphatic heterocycles. The third kappa shape index (κ3) is 3.96. The van der Waals surface area contributed by atoms with Gasteiger partial charge in [-0.2, -0.15) is 13.2 Å². The number of alkyl halides is 3. The van der Waals surface area contributed by atoms with Crippen molar-refractivity contribution in [2.45, 2.75) is 50.1 Å². The zero-order valence-corrected chi connectivity index (χ0v) is 16.2. The Morgan fingerprint density at radius 2 is 2.00 bits per heavy atom. The Hall–Kier alpha value is -1.87. The molecule has 2 saturated heterocycles. The highest BCUT2D eigenvalue weighted by Gasteiger charge is 2.47. The largest absolute Gasteiger partial charge is 0.416 e. The van der Waals surface area contributed by atoms with Crippen molar-refractivity contribution in [2.75, 3.05) is 19.6 Å². The number of benzene rings is 1. The topological polar surface area (TPSA) is 47.6 Å². The Kier molecular flexibility index (Phi) is 4.99. The predicted molar refractivity (Wildman–Crippen MR) is 102 cm³/mol. The first-order valence-electron chi connectivity index (χ1n) is 9.54. The van der Waals surface area contributed by atoms with E-state index in [1.165, 1.54) is 6.07 Å². The van der Waals surface area contributed by atoms with E-state index in [1.807, 2.05) is 0 Å². The molecule has 0 unspecified atom stereocenters. The van der Waals surface area contributed by atoms with Crippen molar-refractivity contribution in [2.24, 2.45) is 0 Å². The van der Waals surface area contributed by atoms with Crippen molar-refractivity contribution < 1.29 is 18.0 Å². The van der Waals surface area contributed by atoms with Gasteiger partial charge >= 0.3 is 6.18 Å². The number of nitrogens with one attached hydrogen (secondary N) is 2. The average molecular weight is 412 g/mol. The molecule has 0 bridgehead atoms. The van der Waals surface area contributed by atoms with Crippen LogP contribution in [-0.2, 0) is 17.5 Å². The number of likely N-dealkylation sites (tertiary alicyclic amines) is 1. The van der Waals surface area contributed by atoms with Gasteiger partial charge in [0, 0.05) is 38.5 Å². The summed E-state index contributed by atoms with van der Waals surface area (Å²) in [6.45, 7) is 1.79. The smallest absolute Gasteiger partial charge is 0.360 e. The summed E-state index contributed by atoms with van der Waals surface area (Å²) in [5.74, 6) is -0.0791. The van der Waals surface area contributed by atoms with Crippen LogP contribution in [0.15, 0.2) is 24.3 Å². The average Bonchev–Trinajstić information content (AvgIpc) is 3.43. The minimum absolute atomic E-state index is 0.0791. The van der Waals surface area contributed by atoms with Crippen LogP contribution in [0, 0.1) is 0 Å². The highest BCUT2D eigenvalue weighted by molar-refractivity contribution is 7.80. The maximum absolute atomic E-state index is 13.0. The number of piperidine rings is 1. The molecule has 0 aromatic heterocycles. The molecule has 1 spiro atoms. The Morgan fingerprint density at radius 3 is 2.64 bits per heavy atom. The van der Waals surface area contributed by atoms with Crippen LogP contribution in [0.1, 0.15) is 36.8 Å². The van der Waals surface area contributed by atoms with Crippen molar-refractivity contribution in [1.29, 1.82) is 0 Å². The molecule has 4 rings (SSSR count). The van der Waals surface area contributed by atoms with Gasteiger partial charge in [0.15, 0.2) is 5.11 Å². The van der Waals surface area contributed by atoms with Crippen LogP contribution in [0.3, 0.4) is 0 Å². The maximum Gasteiger partial charge on any atom is 0.416 e. The summed E-state index contributed by atoms with van der Waals surface area (Å²) >= 11 is 5.47. The highest BCUT2D eigenvalue weighted by Crippen LogP contribution is 2.34. The number of rotatable bonds is 3. The Bertz CT molecular complexity index is 773. The second-order valence-electron chi connectivity index (χ2n) is 7.77. The van der Waals surface area contributed by atoms with Crippen LogP contribution >= 0.6 is 12.2 Å². The van der Waals surface area contributed by atoms with Crippen LogP contribution in [0.4, 0.5) is 13.2 Å². The van der Waals surface area contributed by atoms with E-state index in [-0.39, 0.29) is 19.0 Å². The van der Waals surface area contributed by atoms with Crippen molar-refractivity contribution in [1.82, 2.24) is 20.4 Å². The van der Waals surface area contributed by atoms with E-state index >= 15 is 0 Å². The number of amides is 1. The van der Waals surface area contributed by atoms with Gasteiger partial charge in [-0.3, -0.25) is 10.1 Å². The Labute approximate surface area is 167 Å². The lowest BCUT2D eigenvalue weighted by Crippen LogP contribution is -2.59. The van der Waals surface area contributed by atoms with Crippen molar-refractivity contribution in [3.05, 3.63) is 35.4 Å². The first-order chi connectivity index (χ1) is 13.3. The summed E-state index contributed by atoms with van der Waals surface area (Å²) in [5, 5.41) is 7.40. The fourth-order valence-corrected chi connectivity index (χ4v) is 4.31. The summed E-state index contributed by atoms with van der Waals surface area (Å²) in [5.41, 5.74) is -0.721. The Balaban J connectivity index is 1.45. The number of thiocarbonyl (C=S) groups is 1. The highest BCUT2D eigenvalue weighted by atomic mass is 32.1. The van der Waals surface area contributed by atoms with Gasteiger partial charge in [0.05, 0.1) is 17.8 Å².